The van der Waals surface area contributed by atoms with Crippen molar-refractivity contribution in [3.8, 4) is 0 Å². The summed E-state index contributed by atoms with van der Waals surface area (Å²) in [6.07, 6.45) is 2.17. The summed E-state index contributed by atoms with van der Waals surface area (Å²) in [6, 6.07) is 45.5. The smallest absolute Gasteiger partial charge is 0.0485 e. The molecule has 4 aromatic heterocycles. The SMILES string of the molecule is Cc1ccc(C2=c3ccc([nH]3)=Cc3ccc([nH]3)C(c3ccc(C)cc3)=c3ccc([nH]3)=C(c3ccccc3)c3ccc2[nH]3)cc1. The first-order valence-corrected chi connectivity index (χ1v) is 15.0. The Balaban J connectivity index is 1.48. The first kappa shape index (κ1) is 25.9. The van der Waals surface area contributed by atoms with Crippen molar-refractivity contribution in [1.29, 1.82) is 0 Å². The molecule has 0 spiro atoms. The Morgan fingerprint density at radius 1 is 0.364 bits per heavy atom. The highest BCUT2D eigenvalue weighted by atomic mass is 14.8. The molecule has 4 heteroatoms. The Morgan fingerprint density at radius 2 is 0.841 bits per heavy atom. The van der Waals surface area contributed by atoms with E-state index in [1.54, 1.807) is 0 Å². The summed E-state index contributed by atoms with van der Waals surface area (Å²) in [5.74, 6) is 0. The molecule has 4 N–H and O–H groups in total. The minimum absolute atomic E-state index is 1.03. The molecule has 3 aromatic carbocycles. The number of fused-ring (bicyclic) bond motifs is 8. The van der Waals surface area contributed by atoms with Gasteiger partial charge in [0.2, 0.25) is 0 Å². The van der Waals surface area contributed by atoms with Crippen LogP contribution < -0.4 is 21.4 Å². The zero-order valence-corrected chi connectivity index (χ0v) is 24.7. The molecule has 8 rings (SSSR count). The number of benzene rings is 3. The summed E-state index contributed by atoms with van der Waals surface area (Å²) in [4.78, 5) is 15.0. The number of hydrogen-bond donors (Lipinski definition) is 4. The fourth-order valence-corrected chi connectivity index (χ4v) is 6.24. The fraction of sp³-hybridized carbons (Fsp3) is 0.0500. The van der Waals surface area contributed by atoms with Gasteiger partial charge in [-0.05, 0) is 85.1 Å². The monoisotopic (exact) mass is 568 g/mol. The highest BCUT2D eigenvalue weighted by Gasteiger charge is 2.16. The second kappa shape index (κ2) is 10.5. The number of aromatic nitrogens is 4. The van der Waals surface area contributed by atoms with Crippen LogP contribution in [-0.2, 0) is 0 Å². The summed E-state index contributed by atoms with van der Waals surface area (Å²) in [6.45, 7) is 4.25. The Kier molecular flexibility index (Phi) is 6.20. The molecule has 44 heavy (non-hydrogen) atoms. The molecule has 1 aliphatic rings. The van der Waals surface area contributed by atoms with E-state index in [1.807, 2.05) is 0 Å². The lowest BCUT2D eigenvalue weighted by Crippen LogP contribution is -2.18. The average molecular weight is 569 g/mol. The zero-order chi connectivity index (χ0) is 29.6. The number of aromatic amines is 4. The van der Waals surface area contributed by atoms with E-state index < -0.39 is 0 Å². The summed E-state index contributed by atoms with van der Waals surface area (Å²) in [5.41, 5.74) is 13.5. The van der Waals surface area contributed by atoms with Gasteiger partial charge in [-0.25, -0.2) is 0 Å². The molecule has 5 heterocycles. The van der Waals surface area contributed by atoms with Gasteiger partial charge in [-0.15, -0.1) is 0 Å². The van der Waals surface area contributed by atoms with Crippen LogP contribution in [0.25, 0.3) is 22.8 Å². The van der Waals surface area contributed by atoms with Gasteiger partial charge in [-0.1, -0.05) is 90.0 Å². The molecule has 4 nitrogen and oxygen atoms in total. The van der Waals surface area contributed by atoms with E-state index in [-0.39, 0.29) is 0 Å². The second-order valence-corrected chi connectivity index (χ2v) is 11.6. The topological polar surface area (TPSA) is 63.2 Å². The molecule has 0 atom stereocenters. The lowest BCUT2D eigenvalue weighted by atomic mass is 10.0. The maximum atomic E-state index is 3.82. The lowest BCUT2D eigenvalue weighted by Gasteiger charge is -2.09. The van der Waals surface area contributed by atoms with Crippen molar-refractivity contribution in [3.63, 3.8) is 0 Å². The average Bonchev–Trinajstić information content (AvgIpc) is 3.87. The predicted molar refractivity (Wildman–Crippen MR) is 179 cm³/mol. The molecule has 0 aliphatic carbocycles. The summed E-state index contributed by atoms with van der Waals surface area (Å²) in [5, 5.41) is 4.20. The highest BCUT2D eigenvalue weighted by molar-refractivity contribution is 5.83. The molecule has 1 aliphatic heterocycles. The maximum Gasteiger partial charge on any atom is 0.0485 e. The molecule has 0 fully saturated rings. The van der Waals surface area contributed by atoms with Gasteiger partial charge in [0, 0.05) is 60.9 Å². The molecule has 0 radical (unpaired) electrons. The van der Waals surface area contributed by atoms with Gasteiger partial charge < -0.3 is 19.9 Å². The van der Waals surface area contributed by atoms with Crippen LogP contribution >= 0.6 is 0 Å². The molecule has 0 unspecified atom stereocenters. The van der Waals surface area contributed by atoms with Crippen LogP contribution in [0, 0.1) is 13.8 Å². The molecular weight excluding hydrogens is 536 g/mol. The normalized spacial score (nSPS) is 12.8. The lowest BCUT2D eigenvalue weighted by molar-refractivity contribution is 1.19. The summed E-state index contributed by atoms with van der Waals surface area (Å²) >= 11 is 0. The van der Waals surface area contributed by atoms with Gasteiger partial charge >= 0.3 is 0 Å². The Hall–Kier alpha value is -5.74. The van der Waals surface area contributed by atoms with E-state index in [1.165, 1.54) is 11.1 Å². The standard InChI is InChI=1S/C40H32N4/c1-25-8-12-28(13-9-25)39-32-18-16-30(41-32)24-31-17-19-33(42-31)40(29-14-10-26(2)11-15-29)37-23-21-35(44-37)38(27-6-4-3-5-7-27)34-20-22-36(39)43-34/h3-24,41-44H,1-2H3. The third-order valence-corrected chi connectivity index (χ3v) is 8.46. The number of rotatable bonds is 3. The van der Waals surface area contributed by atoms with E-state index in [2.05, 4.69) is 167 Å². The van der Waals surface area contributed by atoms with E-state index in [0.29, 0.717) is 0 Å². The Labute approximate surface area is 255 Å². The van der Waals surface area contributed by atoms with Crippen LogP contribution in [-0.4, -0.2) is 19.9 Å². The highest BCUT2D eigenvalue weighted by Crippen LogP contribution is 2.26. The number of H-pyrrole nitrogens is 4. The molecule has 0 saturated heterocycles. The van der Waals surface area contributed by atoms with Crippen LogP contribution in [0.2, 0.25) is 0 Å². The third kappa shape index (κ3) is 4.67. The van der Waals surface area contributed by atoms with E-state index in [4.69, 9.17) is 0 Å². The van der Waals surface area contributed by atoms with Crippen LogP contribution in [0.15, 0.2) is 127 Å². The van der Waals surface area contributed by atoms with Gasteiger partial charge in [0.05, 0.1) is 0 Å². The van der Waals surface area contributed by atoms with Crippen molar-refractivity contribution in [2.24, 2.45) is 0 Å². The molecule has 212 valence electrons. The summed E-state index contributed by atoms with van der Waals surface area (Å²) in [7, 11) is 0. The minimum atomic E-state index is 1.03. The summed E-state index contributed by atoms with van der Waals surface area (Å²) < 4.78 is 0. The van der Waals surface area contributed by atoms with E-state index >= 15 is 0 Å². The van der Waals surface area contributed by atoms with Crippen molar-refractivity contribution in [1.82, 2.24) is 19.9 Å². The number of nitrogens with one attached hydrogen (secondary N) is 4. The molecule has 0 amide bonds. The second-order valence-electron chi connectivity index (χ2n) is 11.6. The fourth-order valence-electron chi connectivity index (χ4n) is 6.24. The zero-order valence-electron chi connectivity index (χ0n) is 24.7. The minimum Gasteiger partial charge on any atom is -0.355 e. The predicted octanol–water partition coefficient (Wildman–Crippen LogP) is 5.50. The van der Waals surface area contributed by atoms with E-state index in [0.717, 1.165) is 77.6 Å². The maximum absolute atomic E-state index is 3.82. The van der Waals surface area contributed by atoms with Crippen LogP contribution in [0.4, 0.5) is 0 Å². The van der Waals surface area contributed by atoms with E-state index in [9.17, 15) is 0 Å². The first-order valence-electron chi connectivity index (χ1n) is 15.0. The molecule has 0 saturated carbocycles. The van der Waals surface area contributed by atoms with Crippen molar-refractivity contribution in [2.45, 2.75) is 13.8 Å². The van der Waals surface area contributed by atoms with Gasteiger partial charge in [0.1, 0.15) is 0 Å². The quantitative estimate of drug-likeness (QED) is 0.218. The Morgan fingerprint density at radius 3 is 1.43 bits per heavy atom. The van der Waals surface area contributed by atoms with Crippen molar-refractivity contribution in [2.75, 3.05) is 0 Å². The van der Waals surface area contributed by atoms with Crippen LogP contribution in [0.5, 0.6) is 0 Å². The van der Waals surface area contributed by atoms with Gasteiger partial charge in [-0.2, -0.15) is 0 Å². The number of aryl methyl sites for hydroxylation is 2. The van der Waals surface area contributed by atoms with Crippen LogP contribution in [0.3, 0.4) is 0 Å². The van der Waals surface area contributed by atoms with Gasteiger partial charge in [0.15, 0.2) is 0 Å². The largest absolute Gasteiger partial charge is 0.355 e. The molecule has 8 bridgehead atoms. The van der Waals surface area contributed by atoms with Gasteiger partial charge in [-0.3, -0.25) is 0 Å². The van der Waals surface area contributed by atoms with Crippen molar-refractivity contribution < 1.29 is 0 Å². The Bertz CT molecular complexity index is 2370. The van der Waals surface area contributed by atoms with Crippen molar-refractivity contribution >= 4 is 22.8 Å². The number of hydrogen-bond acceptors (Lipinski definition) is 0. The van der Waals surface area contributed by atoms with Gasteiger partial charge in [0.25, 0.3) is 0 Å². The molecular formula is C40H32N4. The van der Waals surface area contributed by atoms with Crippen molar-refractivity contribution in [3.05, 3.63) is 199 Å². The molecule has 7 aromatic rings. The van der Waals surface area contributed by atoms with Crippen LogP contribution in [0.1, 0.15) is 50.6 Å². The third-order valence-electron chi connectivity index (χ3n) is 8.46. The first-order chi connectivity index (χ1) is 21.6.